The predicted octanol–water partition coefficient (Wildman–Crippen LogP) is 2.71. The number of fused-ring (bicyclic) bond motifs is 1. The first-order chi connectivity index (χ1) is 15.0. The van der Waals surface area contributed by atoms with Gasteiger partial charge >= 0.3 is 0 Å². The quantitative estimate of drug-likeness (QED) is 0.711. The zero-order chi connectivity index (χ0) is 21.8. The Morgan fingerprint density at radius 3 is 2.58 bits per heavy atom. The van der Waals surface area contributed by atoms with Crippen LogP contribution in [0.1, 0.15) is 28.2 Å². The molecule has 1 saturated heterocycles. The van der Waals surface area contributed by atoms with E-state index in [-0.39, 0.29) is 5.91 Å². The standard InChI is InChI=1S/C22H28Cl2N6O/c1-28-10-12-29(13-11-28)9-7-25-22(31)20-14-21-19(26-27-20)6-3-8-30(21)15-16-17(23)4-2-5-18(16)24/h2,4-5,14H,3,6-13,15H2,1H3,(H,25,31). The first kappa shape index (κ1) is 22.3. The molecule has 31 heavy (non-hydrogen) atoms. The number of aryl methyl sites for hydroxylation is 1. The van der Waals surface area contributed by atoms with E-state index in [1.807, 2.05) is 24.3 Å². The Balaban J connectivity index is 1.41. The number of piperazine rings is 1. The van der Waals surface area contributed by atoms with Gasteiger partial charge in [-0.2, -0.15) is 5.10 Å². The fourth-order valence-corrected chi connectivity index (χ4v) is 4.57. The molecule has 0 unspecified atom stereocenters. The van der Waals surface area contributed by atoms with Crippen molar-refractivity contribution in [2.45, 2.75) is 19.4 Å². The third-order valence-corrected chi connectivity index (χ3v) is 6.69. The number of anilines is 1. The van der Waals surface area contributed by atoms with Crippen LogP contribution in [0, 0.1) is 0 Å². The summed E-state index contributed by atoms with van der Waals surface area (Å²) in [5.74, 6) is -0.189. The van der Waals surface area contributed by atoms with Crippen LogP contribution in [0.2, 0.25) is 10.0 Å². The summed E-state index contributed by atoms with van der Waals surface area (Å²) < 4.78 is 0. The van der Waals surface area contributed by atoms with Crippen molar-refractivity contribution in [3.8, 4) is 0 Å². The van der Waals surface area contributed by atoms with Gasteiger partial charge in [0, 0.05) is 68.0 Å². The molecule has 166 valence electrons. The van der Waals surface area contributed by atoms with Crippen molar-refractivity contribution in [2.75, 3.05) is 57.8 Å². The number of carbonyl (C=O) groups is 1. The van der Waals surface area contributed by atoms with Crippen LogP contribution >= 0.6 is 23.2 Å². The first-order valence-electron chi connectivity index (χ1n) is 10.7. The van der Waals surface area contributed by atoms with Crippen LogP contribution in [0.5, 0.6) is 0 Å². The topological polar surface area (TPSA) is 64.6 Å². The van der Waals surface area contributed by atoms with Crippen molar-refractivity contribution in [3.63, 3.8) is 0 Å². The van der Waals surface area contributed by atoms with Gasteiger partial charge in [0.1, 0.15) is 0 Å². The molecule has 0 atom stereocenters. The molecular formula is C22H28Cl2N6O. The Hall–Kier alpha value is -1.93. The average molecular weight is 463 g/mol. The second kappa shape index (κ2) is 10.1. The number of rotatable bonds is 6. The minimum Gasteiger partial charge on any atom is -0.365 e. The predicted molar refractivity (Wildman–Crippen MR) is 124 cm³/mol. The molecule has 1 N–H and O–H groups in total. The van der Waals surface area contributed by atoms with E-state index in [1.165, 1.54) is 0 Å². The summed E-state index contributed by atoms with van der Waals surface area (Å²) in [5, 5.41) is 12.8. The number of amides is 1. The molecule has 0 aliphatic carbocycles. The van der Waals surface area contributed by atoms with Crippen molar-refractivity contribution in [1.29, 1.82) is 0 Å². The number of nitrogens with zero attached hydrogens (tertiary/aromatic N) is 5. The van der Waals surface area contributed by atoms with Crippen molar-refractivity contribution in [1.82, 2.24) is 25.3 Å². The molecule has 2 aromatic rings. The summed E-state index contributed by atoms with van der Waals surface area (Å²) in [7, 11) is 2.14. The minimum absolute atomic E-state index is 0.189. The molecule has 1 aromatic carbocycles. The summed E-state index contributed by atoms with van der Waals surface area (Å²) in [4.78, 5) is 19.6. The van der Waals surface area contributed by atoms with Gasteiger partial charge in [0.15, 0.2) is 5.69 Å². The Labute approximate surface area is 193 Å². The van der Waals surface area contributed by atoms with Gasteiger partial charge < -0.3 is 15.1 Å². The number of nitrogens with one attached hydrogen (secondary N) is 1. The Morgan fingerprint density at radius 1 is 1.10 bits per heavy atom. The lowest BCUT2D eigenvalue weighted by Gasteiger charge is -2.32. The van der Waals surface area contributed by atoms with E-state index >= 15 is 0 Å². The molecule has 0 saturated carbocycles. The van der Waals surface area contributed by atoms with Crippen molar-refractivity contribution < 1.29 is 4.79 Å². The molecule has 0 bridgehead atoms. The monoisotopic (exact) mass is 462 g/mol. The lowest BCUT2D eigenvalue weighted by molar-refractivity contribution is 0.0935. The Bertz CT molecular complexity index is 912. The zero-order valence-electron chi connectivity index (χ0n) is 17.8. The van der Waals surface area contributed by atoms with Crippen molar-refractivity contribution in [2.24, 2.45) is 0 Å². The largest absolute Gasteiger partial charge is 0.365 e. The van der Waals surface area contributed by atoms with Gasteiger partial charge in [0.2, 0.25) is 0 Å². The summed E-state index contributed by atoms with van der Waals surface area (Å²) in [6, 6.07) is 7.38. The molecule has 3 heterocycles. The Kier molecular flexibility index (Phi) is 7.27. The summed E-state index contributed by atoms with van der Waals surface area (Å²) in [5.41, 5.74) is 3.06. The summed E-state index contributed by atoms with van der Waals surface area (Å²) >= 11 is 12.8. The van der Waals surface area contributed by atoms with Crippen LogP contribution in [0.4, 0.5) is 5.69 Å². The minimum atomic E-state index is -0.189. The first-order valence-corrected chi connectivity index (χ1v) is 11.5. The number of benzene rings is 1. The van der Waals surface area contributed by atoms with Crippen LogP contribution in [-0.2, 0) is 13.0 Å². The molecule has 0 radical (unpaired) electrons. The van der Waals surface area contributed by atoms with E-state index < -0.39 is 0 Å². The van der Waals surface area contributed by atoms with Crippen molar-refractivity contribution in [3.05, 3.63) is 51.3 Å². The third kappa shape index (κ3) is 5.47. The van der Waals surface area contributed by atoms with Gasteiger partial charge in [-0.15, -0.1) is 5.10 Å². The van der Waals surface area contributed by atoms with Crippen LogP contribution in [-0.4, -0.2) is 78.8 Å². The number of aromatic nitrogens is 2. The molecule has 2 aliphatic heterocycles. The zero-order valence-corrected chi connectivity index (χ0v) is 19.3. The lowest BCUT2D eigenvalue weighted by atomic mass is 10.1. The highest BCUT2D eigenvalue weighted by atomic mass is 35.5. The Morgan fingerprint density at radius 2 is 1.84 bits per heavy atom. The molecule has 1 fully saturated rings. The lowest BCUT2D eigenvalue weighted by Crippen LogP contribution is -2.47. The van der Waals surface area contributed by atoms with Gasteiger partial charge in [0.05, 0.1) is 11.4 Å². The van der Waals surface area contributed by atoms with Gasteiger partial charge in [-0.05, 0) is 38.1 Å². The maximum absolute atomic E-state index is 12.7. The van der Waals surface area contributed by atoms with E-state index in [0.29, 0.717) is 28.8 Å². The summed E-state index contributed by atoms with van der Waals surface area (Å²) in [6.45, 7) is 7.06. The maximum atomic E-state index is 12.7. The molecule has 9 heteroatoms. The van der Waals surface area contributed by atoms with Crippen LogP contribution in [0.3, 0.4) is 0 Å². The van der Waals surface area contributed by atoms with E-state index in [9.17, 15) is 4.79 Å². The molecular weight excluding hydrogens is 435 g/mol. The smallest absolute Gasteiger partial charge is 0.271 e. The highest BCUT2D eigenvalue weighted by Crippen LogP contribution is 2.31. The van der Waals surface area contributed by atoms with Crippen LogP contribution < -0.4 is 10.2 Å². The van der Waals surface area contributed by atoms with E-state index in [4.69, 9.17) is 23.2 Å². The number of hydrogen-bond donors (Lipinski definition) is 1. The van der Waals surface area contributed by atoms with Crippen molar-refractivity contribution >= 4 is 34.8 Å². The van der Waals surface area contributed by atoms with E-state index in [2.05, 4.69) is 37.3 Å². The fourth-order valence-electron chi connectivity index (χ4n) is 4.06. The third-order valence-electron chi connectivity index (χ3n) is 5.98. The normalized spacial score (nSPS) is 17.5. The molecule has 4 rings (SSSR count). The van der Waals surface area contributed by atoms with Gasteiger partial charge in [-0.25, -0.2) is 0 Å². The van der Waals surface area contributed by atoms with E-state index in [0.717, 1.165) is 69.1 Å². The SMILES string of the molecule is CN1CCN(CCNC(=O)c2cc3c(nn2)CCCN3Cc2c(Cl)cccc2Cl)CC1. The second-order valence-electron chi connectivity index (χ2n) is 8.19. The van der Waals surface area contributed by atoms with Gasteiger partial charge in [-0.3, -0.25) is 9.69 Å². The van der Waals surface area contributed by atoms with Gasteiger partial charge in [0.25, 0.3) is 5.91 Å². The molecule has 1 amide bonds. The maximum Gasteiger partial charge on any atom is 0.271 e. The highest BCUT2D eigenvalue weighted by Gasteiger charge is 2.23. The summed E-state index contributed by atoms with van der Waals surface area (Å²) in [6.07, 6.45) is 1.82. The van der Waals surface area contributed by atoms with Crippen LogP contribution in [0.25, 0.3) is 0 Å². The number of halogens is 2. The number of carbonyl (C=O) groups excluding carboxylic acids is 1. The molecule has 2 aliphatic rings. The second-order valence-corrected chi connectivity index (χ2v) is 9.00. The molecule has 1 aromatic heterocycles. The molecule has 0 spiro atoms. The average Bonchev–Trinajstić information content (AvgIpc) is 2.77. The highest BCUT2D eigenvalue weighted by molar-refractivity contribution is 6.36. The van der Waals surface area contributed by atoms with Gasteiger partial charge in [-0.1, -0.05) is 29.3 Å². The number of hydrogen-bond acceptors (Lipinski definition) is 6. The number of likely N-dealkylation sites (N-methyl/N-ethyl adjacent to an activating group) is 1. The fraction of sp³-hybridized carbons (Fsp3) is 0.500. The van der Waals surface area contributed by atoms with E-state index in [1.54, 1.807) is 0 Å². The van der Waals surface area contributed by atoms with Crippen LogP contribution in [0.15, 0.2) is 24.3 Å². The molecule has 7 nitrogen and oxygen atoms in total.